The van der Waals surface area contributed by atoms with Crippen LogP contribution in [-0.4, -0.2) is 73.1 Å². The standard InChI is InChI=1S/C18H32N8O6/c1-17(2,3)31-15(29)21-9-7-19-13(27)11-23-25-12(26-24-11)14(28)20-8-10-22-16(30)32-18(4,5)6/h7-10H2,1-6H3,(H,19,27)(H,20,28)(H,21,29)(H,22,30)(H,23,24)(H,25,26). The molecule has 0 saturated heterocycles. The molecule has 32 heavy (non-hydrogen) atoms. The molecule has 14 nitrogen and oxygen atoms in total. The molecule has 1 aliphatic heterocycles. The fraction of sp³-hybridized carbons (Fsp3) is 0.667. The monoisotopic (exact) mass is 456 g/mol. The SMILES string of the molecule is CC(C)(C)OC(=O)NCCNC(=O)C1=NNC(C(=O)NCCNC(=O)OC(C)(C)C)=NN1. The molecule has 0 aromatic heterocycles. The molecule has 0 fully saturated rings. The molecule has 0 atom stereocenters. The Morgan fingerprint density at radius 2 is 0.969 bits per heavy atom. The molecule has 0 saturated carbocycles. The number of hydrazone groups is 2. The predicted molar refractivity (Wildman–Crippen MR) is 116 cm³/mol. The summed E-state index contributed by atoms with van der Waals surface area (Å²) >= 11 is 0. The van der Waals surface area contributed by atoms with Crippen molar-refractivity contribution < 1.29 is 28.7 Å². The van der Waals surface area contributed by atoms with Crippen LogP contribution in [0.3, 0.4) is 0 Å². The van der Waals surface area contributed by atoms with Crippen molar-refractivity contribution in [2.75, 3.05) is 26.2 Å². The van der Waals surface area contributed by atoms with E-state index in [2.05, 4.69) is 42.3 Å². The van der Waals surface area contributed by atoms with Crippen LogP contribution >= 0.6 is 0 Å². The fourth-order valence-corrected chi connectivity index (χ4v) is 1.95. The van der Waals surface area contributed by atoms with Crippen molar-refractivity contribution in [1.29, 1.82) is 0 Å². The van der Waals surface area contributed by atoms with Crippen molar-refractivity contribution in [3.63, 3.8) is 0 Å². The van der Waals surface area contributed by atoms with Crippen LogP contribution in [0.5, 0.6) is 0 Å². The Hall–Kier alpha value is -3.58. The van der Waals surface area contributed by atoms with Gasteiger partial charge in [-0.2, -0.15) is 0 Å². The van der Waals surface area contributed by atoms with Gasteiger partial charge in [-0.15, -0.1) is 10.2 Å². The third-order valence-electron chi connectivity index (χ3n) is 3.13. The second-order valence-corrected chi connectivity index (χ2v) is 8.51. The average Bonchev–Trinajstić information content (AvgIpc) is 2.65. The molecule has 180 valence electrons. The molecule has 0 unspecified atom stereocenters. The number of alkyl carbamates (subject to hydrolysis) is 2. The quantitative estimate of drug-likeness (QED) is 0.254. The topological polar surface area (TPSA) is 184 Å². The van der Waals surface area contributed by atoms with Crippen LogP contribution in [0.15, 0.2) is 10.2 Å². The number of hydrogen-bond donors (Lipinski definition) is 6. The number of hydrogen-bond acceptors (Lipinski definition) is 10. The zero-order valence-electron chi connectivity index (χ0n) is 19.2. The summed E-state index contributed by atoms with van der Waals surface area (Å²) in [5, 5.41) is 17.5. The highest BCUT2D eigenvalue weighted by Crippen LogP contribution is 2.06. The zero-order chi connectivity index (χ0) is 24.4. The molecular weight excluding hydrogens is 424 g/mol. The summed E-state index contributed by atoms with van der Waals surface area (Å²) in [5.74, 6) is -1.50. The summed E-state index contributed by atoms with van der Waals surface area (Å²) < 4.78 is 10.1. The third kappa shape index (κ3) is 11.6. The number of carbonyl (C=O) groups is 4. The van der Waals surface area contributed by atoms with Crippen LogP contribution in [0.4, 0.5) is 9.59 Å². The van der Waals surface area contributed by atoms with Gasteiger partial charge in [0.05, 0.1) is 0 Å². The van der Waals surface area contributed by atoms with Crippen LogP contribution in [0.1, 0.15) is 41.5 Å². The smallest absolute Gasteiger partial charge is 0.407 e. The first-order valence-electron chi connectivity index (χ1n) is 9.94. The lowest BCUT2D eigenvalue weighted by atomic mass is 10.2. The predicted octanol–water partition coefficient (Wildman–Crippen LogP) is -0.912. The Balaban J connectivity index is 2.25. The number of carbonyl (C=O) groups excluding carboxylic acids is 4. The summed E-state index contributed by atoms with van der Waals surface area (Å²) in [6, 6.07) is 0. The van der Waals surface area contributed by atoms with E-state index >= 15 is 0 Å². The summed E-state index contributed by atoms with van der Waals surface area (Å²) in [6.45, 7) is 11.0. The van der Waals surface area contributed by atoms with E-state index in [1.54, 1.807) is 41.5 Å². The average molecular weight is 457 g/mol. The second-order valence-electron chi connectivity index (χ2n) is 8.51. The van der Waals surface area contributed by atoms with Gasteiger partial charge in [0.25, 0.3) is 11.8 Å². The van der Waals surface area contributed by atoms with E-state index in [0.29, 0.717) is 0 Å². The highest BCUT2D eigenvalue weighted by Gasteiger charge is 2.20. The maximum absolute atomic E-state index is 12.0. The van der Waals surface area contributed by atoms with Gasteiger partial charge in [0.15, 0.2) is 0 Å². The Morgan fingerprint density at radius 1 is 0.656 bits per heavy atom. The summed E-state index contributed by atoms with van der Waals surface area (Å²) in [4.78, 5) is 47.0. The summed E-state index contributed by atoms with van der Waals surface area (Å²) in [5.41, 5.74) is 3.50. The summed E-state index contributed by atoms with van der Waals surface area (Å²) in [7, 11) is 0. The van der Waals surface area contributed by atoms with Crippen molar-refractivity contribution in [2.45, 2.75) is 52.7 Å². The maximum Gasteiger partial charge on any atom is 0.407 e. The molecule has 6 N–H and O–H groups in total. The van der Waals surface area contributed by atoms with E-state index in [-0.39, 0.29) is 37.9 Å². The molecule has 0 bridgehead atoms. The van der Waals surface area contributed by atoms with Gasteiger partial charge >= 0.3 is 12.2 Å². The van der Waals surface area contributed by atoms with Gasteiger partial charge in [-0.1, -0.05) is 0 Å². The van der Waals surface area contributed by atoms with Gasteiger partial charge in [0, 0.05) is 26.2 Å². The number of rotatable bonds is 8. The number of amidine groups is 2. The van der Waals surface area contributed by atoms with Gasteiger partial charge in [-0.05, 0) is 41.5 Å². The normalized spacial score (nSPS) is 13.3. The maximum atomic E-state index is 12.0. The van der Waals surface area contributed by atoms with Crippen LogP contribution in [0.25, 0.3) is 0 Å². The molecule has 1 aliphatic rings. The van der Waals surface area contributed by atoms with E-state index in [1.165, 1.54) is 0 Å². The lowest BCUT2D eigenvalue weighted by molar-refractivity contribution is -0.116. The Morgan fingerprint density at radius 3 is 1.25 bits per heavy atom. The Labute approximate surface area is 186 Å². The molecule has 1 rings (SSSR count). The van der Waals surface area contributed by atoms with Crippen LogP contribution in [0.2, 0.25) is 0 Å². The molecule has 0 aliphatic carbocycles. The summed E-state index contributed by atoms with van der Waals surface area (Å²) in [6.07, 6.45) is -1.19. The number of nitrogens with zero attached hydrogens (tertiary/aromatic N) is 2. The van der Waals surface area contributed by atoms with Gasteiger partial charge in [0.1, 0.15) is 11.2 Å². The first-order chi connectivity index (χ1) is 14.8. The Kier molecular flexibility index (Phi) is 9.69. The first kappa shape index (κ1) is 26.5. The largest absolute Gasteiger partial charge is 0.444 e. The van der Waals surface area contributed by atoms with E-state index in [1.807, 2.05) is 0 Å². The molecule has 0 aromatic rings. The molecule has 14 heteroatoms. The van der Waals surface area contributed by atoms with Gasteiger partial charge in [0.2, 0.25) is 11.7 Å². The fourth-order valence-electron chi connectivity index (χ4n) is 1.95. The van der Waals surface area contributed by atoms with E-state index < -0.39 is 35.2 Å². The highest BCUT2D eigenvalue weighted by molar-refractivity contribution is 6.42. The third-order valence-corrected chi connectivity index (χ3v) is 3.13. The van der Waals surface area contributed by atoms with Crippen LogP contribution < -0.4 is 32.1 Å². The van der Waals surface area contributed by atoms with Crippen molar-refractivity contribution in [3.05, 3.63) is 0 Å². The minimum atomic E-state index is -0.615. The molecule has 1 heterocycles. The number of nitrogens with one attached hydrogen (secondary N) is 6. The van der Waals surface area contributed by atoms with Gasteiger partial charge in [-0.3, -0.25) is 20.4 Å². The molecule has 0 radical (unpaired) electrons. The van der Waals surface area contributed by atoms with Crippen LogP contribution in [-0.2, 0) is 19.1 Å². The minimum absolute atomic E-state index is 0.125. The lowest BCUT2D eigenvalue weighted by Gasteiger charge is -2.20. The number of amides is 4. The number of ether oxygens (including phenoxy) is 2. The van der Waals surface area contributed by atoms with E-state index in [4.69, 9.17) is 9.47 Å². The van der Waals surface area contributed by atoms with E-state index in [0.717, 1.165) is 0 Å². The molecular formula is C18H32N8O6. The minimum Gasteiger partial charge on any atom is -0.444 e. The van der Waals surface area contributed by atoms with Gasteiger partial charge in [-0.25, -0.2) is 9.59 Å². The van der Waals surface area contributed by atoms with Crippen molar-refractivity contribution in [3.8, 4) is 0 Å². The molecule has 0 aromatic carbocycles. The Bertz CT molecular complexity index is 702. The zero-order valence-corrected chi connectivity index (χ0v) is 19.2. The molecule has 0 spiro atoms. The highest BCUT2D eigenvalue weighted by atomic mass is 16.6. The van der Waals surface area contributed by atoms with Crippen molar-refractivity contribution >= 4 is 35.7 Å². The van der Waals surface area contributed by atoms with E-state index in [9.17, 15) is 19.2 Å². The van der Waals surface area contributed by atoms with Crippen LogP contribution in [0, 0.1) is 0 Å². The lowest BCUT2D eigenvalue weighted by Crippen LogP contribution is -2.49. The molecule has 4 amide bonds. The van der Waals surface area contributed by atoms with Crippen molar-refractivity contribution in [2.24, 2.45) is 10.2 Å². The van der Waals surface area contributed by atoms with Gasteiger partial charge < -0.3 is 30.7 Å². The van der Waals surface area contributed by atoms with Crippen molar-refractivity contribution in [1.82, 2.24) is 32.1 Å². The second kappa shape index (κ2) is 11.7. The first-order valence-corrected chi connectivity index (χ1v) is 9.94.